The van der Waals surface area contributed by atoms with Crippen LogP contribution in [0.15, 0.2) is 44.5 Å². The highest BCUT2D eigenvalue weighted by atomic mass is 79.9. The summed E-state index contributed by atoms with van der Waals surface area (Å²) in [5, 5.41) is 13.4. The predicted molar refractivity (Wildman–Crippen MR) is 74.3 cm³/mol. The molecule has 0 aliphatic heterocycles. The summed E-state index contributed by atoms with van der Waals surface area (Å²) in [6.07, 6.45) is 2.81. The molecule has 2 rings (SSSR count). The van der Waals surface area contributed by atoms with Crippen molar-refractivity contribution in [3.63, 3.8) is 0 Å². The number of furan rings is 1. The Morgan fingerprint density at radius 2 is 2.26 bits per heavy atom. The lowest BCUT2D eigenvalue weighted by Crippen LogP contribution is -2.17. The molecule has 0 aliphatic rings. The van der Waals surface area contributed by atoms with Crippen molar-refractivity contribution in [2.24, 2.45) is 5.10 Å². The van der Waals surface area contributed by atoms with Crippen molar-refractivity contribution in [1.29, 1.82) is 0 Å². The van der Waals surface area contributed by atoms with Crippen molar-refractivity contribution in [2.75, 3.05) is 0 Å². The molecule has 1 amide bonds. The molecular formula is C13H11BrN2O3. The minimum absolute atomic E-state index is 0.0840. The SMILES string of the molecule is Cc1occc1C(=O)NN=Cc1cc(Br)ccc1O. The lowest BCUT2D eigenvalue weighted by atomic mass is 10.2. The number of hydrazone groups is 1. The number of amides is 1. The van der Waals surface area contributed by atoms with Gasteiger partial charge in [0.2, 0.25) is 0 Å². The van der Waals surface area contributed by atoms with E-state index in [0.717, 1.165) is 4.47 Å². The molecule has 0 saturated heterocycles. The van der Waals surface area contributed by atoms with Gasteiger partial charge in [0.15, 0.2) is 0 Å². The normalized spacial score (nSPS) is 10.8. The van der Waals surface area contributed by atoms with Crippen LogP contribution >= 0.6 is 15.9 Å². The number of halogens is 1. The molecule has 0 bridgehead atoms. The van der Waals surface area contributed by atoms with Gasteiger partial charge < -0.3 is 9.52 Å². The summed E-state index contributed by atoms with van der Waals surface area (Å²) in [7, 11) is 0. The first-order valence-electron chi connectivity index (χ1n) is 5.44. The first-order valence-corrected chi connectivity index (χ1v) is 6.23. The fourth-order valence-electron chi connectivity index (χ4n) is 1.47. The van der Waals surface area contributed by atoms with Crippen LogP contribution in [0.2, 0.25) is 0 Å². The fraction of sp³-hybridized carbons (Fsp3) is 0.0769. The molecule has 6 heteroatoms. The summed E-state index contributed by atoms with van der Waals surface area (Å²) in [4.78, 5) is 11.7. The first kappa shape index (κ1) is 13.4. The zero-order valence-corrected chi connectivity index (χ0v) is 11.6. The van der Waals surface area contributed by atoms with Crippen LogP contribution in [0.5, 0.6) is 5.75 Å². The Morgan fingerprint density at radius 3 is 2.95 bits per heavy atom. The topological polar surface area (TPSA) is 74.8 Å². The minimum Gasteiger partial charge on any atom is -0.507 e. The van der Waals surface area contributed by atoms with Gasteiger partial charge in [-0.3, -0.25) is 4.79 Å². The lowest BCUT2D eigenvalue weighted by molar-refractivity contribution is 0.0953. The molecule has 1 heterocycles. The molecule has 5 nitrogen and oxygen atoms in total. The second-order valence-corrected chi connectivity index (χ2v) is 4.71. The number of nitrogens with zero attached hydrogens (tertiary/aromatic N) is 1. The highest BCUT2D eigenvalue weighted by molar-refractivity contribution is 9.10. The molecule has 1 aromatic heterocycles. The average molecular weight is 323 g/mol. The van der Waals surface area contributed by atoms with E-state index in [-0.39, 0.29) is 11.7 Å². The van der Waals surface area contributed by atoms with Crippen LogP contribution in [0.1, 0.15) is 21.7 Å². The first-order chi connectivity index (χ1) is 9.08. The zero-order chi connectivity index (χ0) is 13.8. The Bertz CT molecular complexity index is 635. The quantitative estimate of drug-likeness (QED) is 0.674. The Kier molecular flexibility index (Phi) is 4.01. The summed E-state index contributed by atoms with van der Waals surface area (Å²) in [5.41, 5.74) is 3.29. The zero-order valence-electron chi connectivity index (χ0n) is 10.1. The number of aryl methyl sites for hydroxylation is 1. The van der Waals surface area contributed by atoms with E-state index in [2.05, 4.69) is 26.5 Å². The molecule has 0 fully saturated rings. The molecule has 19 heavy (non-hydrogen) atoms. The maximum atomic E-state index is 11.7. The lowest BCUT2D eigenvalue weighted by Gasteiger charge is -2.00. The van der Waals surface area contributed by atoms with E-state index < -0.39 is 0 Å². The van der Waals surface area contributed by atoms with Crippen molar-refractivity contribution < 1.29 is 14.3 Å². The van der Waals surface area contributed by atoms with E-state index in [1.807, 2.05) is 0 Å². The van der Waals surface area contributed by atoms with Crippen molar-refractivity contribution in [3.05, 3.63) is 51.9 Å². The van der Waals surface area contributed by atoms with Gasteiger partial charge in [-0.05, 0) is 31.2 Å². The average Bonchev–Trinajstić information content (AvgIpc) is 2.80. The van der Waals surface area contributed by atoms with Gasteiger partial charge in [0.05, 0.1) is 18.0 Å². The molecule has 0 atom stereocenters. The van der Waals surface area contributed by atoms with Crippen LogP contribution in [0.3, 0.4) is 0 Å². The molecule has 98 valence electrons. The van der Waals surface area contributed by atoms with Gasteiger partial charge in [-0.15, -0.1) is 0 Å². The highest BCUT2D eigenvalue weighted by Crippen LogP contribution is 2.19. The Balaban J connectivity index is 2.06. The Hall–Kier alpha value is -2.08. The Morgan fingerprint density at radius 1 is 1.47 bits per heavy atom. The number of phenolic OH excluding ortho intramolecular Hbond substituents is 1. The van der Waals surface area contributed by atoms with Crippen molar-refractivity contribution >= 4 is 28.1 Å². The molecule has 2 aromatic rings. The molecule has 0 radical (unpaired) electrons. The van der Waals surface area contributed by atoms with Crippen molar-refractivity contribution in [3.8, 4) is 5.75 Å². The number of benzene rings is 1. The number of hydrogen-bond acceptors (Lipinski definition) is 4. The van der Waals surface area contributed by atoms with Crippen molar-refractivity contribution in [1.82, 2.24) is 5.43 Å². The highest BCUT2D eigenvalue weighted by Gasteiger charge is 2.09. The van der Waals surface area contributed by atoms with Gasteiger partial charge in [0, 0.05) is 10.0 Å². The molecular weight excluding hydrogens is 312 g/mol. The number of rotatable bonds is 3. The maximum absolute atomic E-state index is 11.7. The Labute approximate surface area is 118 Å². The van der Waals surface area contributed by atoms with Gasteiger partial charge in [0.1, 0.15) is 11.5 Å². The number of nitrogens with one attached hydrogen (secondary N) is 1. The number of carbonyl (C=O) groups is 1. The van der Waals surface area contributed by atoms with E-state index in [4.69, 9.17) is 4.42 Å². The van der Waals surface area contributed by atoms with E-state index in [1.54, 1.807) is 25.1 Å². The molecule has 0 aliphatic carbocycles. The molecule has 0 spiro atoms. The van der Waals surface area contributed by atoms with Crippen LogP contribution in [-0.2, 0) is 0 Å². The monoisotopic (exact) mass is 322 g/mol. The standard InChI is InChI=1S/C13H11BrN2O3/c1-8-11(4-5-19-8)13(18)16-15-7-9-6-10(14)2-3-12(9)17/h2-7,17H,1H3,(H,16,18). The smallest absolute Gasteiger partial charge is 0.274 e. The summed E-state index contributed by atoms with van der Waals surface area (Å²) in [6.45, 7) is 1.69. The third kappa shape index (κ3) is 3.23. The van der Waals surface area contributed by atoms with E-state index in [0.29, 0.717) is 16.9 Å². The summed E-state index contributed by atoms with van der Waals surface area (Å²) >= 11 is 3.29. The van der Waals surface area contributed by atoms with Crippen LogP contribution < -0.4 is 5.43 Å². The summed E-state index contributed by atoms with van der Waals surface area (Å²) in [5.74, 6) is 0.246. The summed E-state index contributed by atoms with van der Waals surface area (Å²) in [6, 6.07) is 6.50. The summed E-state index contributed by atoms with van der Waals surface area (Å²) < 4.78 is 5.84. The van der Waals surface area contributed by atoms with E-state index in [1.165, 1.54) is 18.5 Å². The third-order valence-corrected chi connectivity index (χ3v) is 2.96. The van der Waals surface area contributed by atoms with Gasteiger partial charge >= 0.3 is 0 Å². The van der Waals surface area contributed by atoms with Crippen molar-refractivity contribution in [2.45, 2.75) is 6.92 Å². The predicted octanol–water partition coefficient (Wildman–Crippen LogP) is 2.82. The van der Waals surface area contributed by atoms with Crippen LogP contribution in [0.4, 0.5) is 0 Å². The van der Waals surface area contributed by atoms with Crippen LogP contribution in [0.25, 0.3) is 0 Å². The number of carbonyl (C=O) groups excluding carboxylic acids is 1. The minimum atomic E-state index is -0.364. The van der Waals surface area contributed by atoms with E-state index >= 15 is 0 Å². The number of hydrogen-bond donors (Lipinski definition) is 2. The van der Waals surface area contributed by atoms with Gasteiger partial charge in [-0.25, -0.2) is 5.43 Å². The van der Waals surface area contributed by atoms with Crippen LogP contribution in [0, 0.1) is 6.92 Å². The number of aromatic hydroxyl groups is 1. The van der Waals surface area contributed by atoms with Gasteiger partial charge in [-0.2, -0.15) is 5.10 Å². The maximum Gasteiger partial charge on any atom is 0.274 e. The van der Waals surface area contributed by atoms with Gasteiger partial charge in [0.25, 0.3) is 5.91 Å². The molecule has 0 saturated carbocycles. The van der Waals surface area contributed by atoms with E-state index in [9.17, 15) is 9.90 Å². The van der Waals surface area contributed by atoms with Crippen LogP contribution in [-0.4, -0.2) is 17.2 Å². The molecule has 1 aromatic carbocycles. The molecule has 0 unspecified atom stereocenters. The number of phenols is 1. The van der Waals surface area contributed by atoms with Gasteiger partial charge in [-0.1, -0.05) is 15.9 Å². The second-order valence-electron chi connectivity index (χ2n) is 3.79. The second kappa shape index (κ2) is 5.71. The largest absolute Gasteiger partial charge is 0.507 e. The third-order valence-electron chi connectivity index (χ3n) is 2.46. The molecule has 2 N–H and O–H groups in total. The fourth-order valence-corrected chi connectivity index (χ4v) is 1.85.